The van der Waals surface area contributed by atoms with Crippen molar-refractivity contribution in [2.75, 3.05) is 31.1 Å². The van der Waals surface area contributed by atoms with Crippen LogP contribution in [0.25, 0.3) is 0 Å². The summed E-state index contributed by atoms with van der Waals surface area (Å²) in [5.74, 6) is -0.125. The summed E-state index contributed by atoms with van der Waals surface area (Å²) < 4.78 is 37.7. The molecule has 1 heterocycles. The third-order valence-corrected chi connectivity index (χ3v) is 7.88. The van der Waals surface area contributed by atoms with Crippen LogP contribution in [0.4, 0.5) is 5.69 Å². The Hall–Kier alpha value is -4.22. The van der Waals surface area contributed by atoms with Crippen molar-refractivity contribution in [3.8, 4) is 5.75 Å². The van der Waals surface area contributed by atoms with Crippen LogP contribution in [0.2, 0.25) is 0 Å². The Morgan fingerprint density at radius 2 is 1.77 bits per heavy atom. The predicted octanol–water partition coefficient (Wildman–Crippen LogP) is 2.95. The quantitative estimate of drug-likeness (QED) is 0.279. The molecule has 2 amide bonds. The number of ether oxygens (including phenoxy) is 2. The molecule has 2 N–H and O–H groups in total. The van der Waals surface area contributed by atoms with Crippen molar-refractivity contribution in [2.24, 2.45) is 5.10 Å². The first-order valence-electron chi connectivity index (χ1n) is 12.4. The molecule has 3 aromatic rings. The molecule has 11 heteroatoms. The predicted molar refractivity (Wildman–Crippen MR) is 147 cm³/mol. The van der Waals surface area contributed by atoms with E-state index in [1.165, 1.54) is 37.5 Å². The van der Waals surface area contributed by atoms with Crippen LogP contribution in [-0.2, 0) is 19.6 Å². The Morgan fingerprint density at radius 1 is 1.05 bits per heavy atom. The summed E-state index contributed by atoms with van der Waals surface area (Å²) in [6.07, 6.45) is 3.53. The monoisotopic (exact) mass is 550 g/mol. The lowest BCUT2D eigenvalue weighted by Crippen LogP contribution is -2.35. The Balaban J connectivity index is 1.24. The van der Waals surface area contributed by atoms with Crippen molar-refractivity contribution in [1.82, 2.24) is 10.7 Å². The molecule has 1 aliphatic rings. The molecule has 3 aromatic carbocycles. The van der Waals surface area contributed by atoms with Crippen molar-refractivity contribution in [1.29, 1.82) is 0 Å². The highest BCUT2D eigenvalue weighted by Gasteiger charge is 2.21. The first-order chi connectivity index (χ1) is 18.8. The van der Waals surface area contributed by atoms with Crippen LogP contribution >= 0.6 is 0 Å². The molecule has 39 heavy (non-hydrogen) atoms. The van der Waals surface area contributed by atoms with E-state index in [2.05, 4.69) is 15.8 Å². The van der Waals surface area contributed by atoms with Gasteiger partial charge in [0.2, 0.25) is 0 Å². The van der Waals surface area contributed by atoms with Crippen LogP contribution in [0, 0.1) is 0 Å². The summed E-state index contributed by atoms with van der Waals surface area (Å²) in [4.78, 5) is 24.6. The van der Waals surface area contributed by atoms with Crippen LogP contribution in [0.1, 0.15) is 28.8 Å². The average Bonchev–Trinajstić information content (AvgIpc) is 3.49. The maximum absolute atomic E-state index is 12.8. The number of hydrazone groups is 1. The fourth-order valence-corrected chi connectivity index (χ4v) is 5.04. The molecular weight excluding hydrogens is 520 g/mol. The first-order valence-corrected chi connectivity index (χ1v) is 13.9. The van der Waals surface area contributed by atoms with E-state index in [9.17, 15) is 18.0 Å². The maximum Gasteiger partial charge on any atom is 0.271 e. The van der Waals surface area contributed by atoms with E-state index >= 15 is 0 Å². The normalized spacial score (nSPS) is 15.2. The van der Waals surface area contributed by atoms with E-state index in [4.69, 9.17) is 9.47 Å². The summed E-state index contributed by atoms with van der Waals surface area (Å²) in [5, 5.41) is 6.77. The van der Waals surface area contributed by atoms with Gasteiger partial charge in [0.05, 0.1) is 22.9 Å². The fourth-order valence-electron chi connectivity index (χ4n) is 3.83. The van der Waals surface area contributed by atoms with Gasteiger partial charge in [-0.25, -0.2) is 13.8 Å². The van der Waals surface area contributed by atoms with Crippen LogP contribution in [0.3, 0.4) is 0 Å². The van der Waals surface area contributed by atoms with E-state index in [-0.39, 0.29) is 23.5 Å². The molecule has 0 radical (unpaired) electrons. The minimum atomic E-state index is -3.71. The summed E-state index contributed by atoms with van der Waals surface area (Å²) in [6.45, 7) is 1.13. The van der Waals surface area contributed by atoms with Gasteiger partial charge in [-0.3, -0.25) is 13.9 Å². The molecule has 0 aromatic heterocycles. The number of benzene rings is 3. The SMILES string of the molecule is CN(c1ccc(C(=O)N/N=C\c2ccc(OCC(=O)NC[C@H]3CCCO3)cc2)cc1)S(=O)(=O)c1ccccc1. The lowest BCUT2D eigenvalue weighted by Gasteiger charge is -2.19. The van der Waals surface area contributed by atoms with Crippen molar-refractivity contribution in [2.45, 2.75) is 23.8 Å². The standard InChI is InChI=1S/C28H30N4O6S/c1-32(39(35,36)26-7-3-2-4-8-26)23-13-11-22(12-14-23)28(34)31-30-18-21-9-15-24(16-10-21)38-20-27(33)29-19-25-6-5-17-37-25/h2-4,7-16,18,25H,5-6,17,19-20H2,1H3,(H,29,33)(H,31,34)/b30-18-/t25-/m1/s1. The number of hydrogen-bond donors (Lipinski definition) is 2. The van der Waals surface area contributed by atoms with Crippen molar-refractivity contribution in [3.05, 3.63) is 90.0 Å². The molecule has 204 valence electrons. The highest BCUT2D eigenvalue weighted by molar-refractivity contribution is 7.92. The second-order valence-electron chi connectivity index (χ2n) is 8.83. The average molecular weight is 551 g/mol. The number of sulfonamides is 1. The lowest BCUT2D eigenvalue weighted by molar-refractivity contribution is -0.123. The van der Waals surface area contributed by atoms with Gasteiger partial charge in [0.25, 0.3) is 21.8 Å². The zero-order valence-corrected chi connectivity index (χ0v) is 22.3. The third-order valence-electron chi connectivity index (χ3n) is 6.08. The Morgan fingerprint density at radius 3 is 2.44 bits per heavy atom. The molecule has 1 aliphatic heterocycles. The van der Waals surface area contributed by atoms with E-state index in [1.807, 2.05) is 0 Å². The molecule has 4 rings (SSSR count). The fraction of sp³-hybridized carbons (Fsp3) is 0.250. The molecular formula is C28H30N4O6S. The zero-order valence-electron chi connectivity index (χ0n) is 21.4. The number of nitrogens with one attached hydrogen (secondary N) is 2. The lowest BCUT2D eigenvalue weighted by atomic mass is 10.2. The number of nitrogens with zero attached hydrogens (tertiary/aromatic N) is 2. The third kappa shape index (κ3) is 7.65. The number of carbonyl (C=O) groups is 2. The molecule has 0 unspecified atom stereocenters. The topological polar surface area (TPSA) is 126 Å². The summed E-state index contributed by atoms with van der Waals surface area (Å²) in [6, 6.07) is 21.2. The molecule has 1 atom stereocenters. The number of hydrogen-bond acceptors (Lipinski definition) is 7. The molecule has 0 bridgehead atoms. The molecule has 1 saturated heterocycles. The van der Waals surface area contributed by atoms with Gasteiger partial charge in [-0.05, 0) is 79.1 Å². The Kier molecular flexibility index (Phi) is 9.29. The highest BCUT2D eigenvalue weighted by Crippen LogP contribution is 2.22. The number of anilines is 1. The van der Waals surface area contributed by atoms with Gasteiger partial charge in [0, 0.05) is 25.8 Å². The summed E-state index contributed by atoms with van der Waals surface area (Å²) in [5.41, 5.74) is 3.90. The second-order valence-corrected chi connectivity index (χ2v) is 10.8. The van der Waals surface area contributed by atoms with Gasteiger partial charge >= 0.3 is 0 Å². The largest absolute Gasteiger partial charge is 0.484 e. The highest BCUT2D eigenvalue weighted by atomic mass is 32.2. The minimum Gasteiger partial charge on any atom is -0.484 e. The molecule has 0 aliphatic carbocycles. The number of carbonyl (C=O) groups excluding carboxylic acids is 2. The van der Waals surface area contributed by atoms with Crippen LogP contribution in [0.15, 0.2) is 88.9 Å². The van der Waals surface area contributed by atoms with Gasteiger partial charge in [-0.2, -0.15) is 5.10 Å². The summed E-state index contributed by atoms with van der Waals surface area (Å²) in [7, 11) is -2.25. The van der Waals surface area contributed by atoms with Crippen LogP contribution < -0.4 is 19.8 Å². The maximum atomic E-state index is 12.8. The first kappa shape index (κ1) is 27.8. The smallest absolute Gasteiger partial charge is 0.271 e. The van der Waals surface area contributed by atoms with E-state index in [1.54, 1.807) is 54.6 Å². The van der Waals surface area contributed by atoms with Gasteiger partial charge < -0.3 is 14.8 Å². The van der Waals surface area contributed by atoms with E-state index < -0.39 is 15.9 Å². The minimum absolute atomic E-state index is 0.0813. The number of rotatable bonds is 11. The van der Waals surface area contributed by atoms with Crippen LogP contribution in [0.5, 0.6) is 5.75 Å². The Labute approximate surface area is 227 Å². The molecule has 0 saturated carbocycles. The van der Waals surface area contributed by atoms with Crippen molar-refractivity contribution < 1.29 is 27.5 Å². The van der Waals surface area contributed by atoms with Crippen molar-refractivity contribution >= 4 is 33.7 Å². The second kappa shape index (κ2) is 13.0. The van der Waals surface area contributed by atoms with Crippen molar-refractivity contribution in [3.63, 3.8) is 0 Å². The Bertz CT molecular complexity index is 1390. The van der Waals surface area contributed by atoms with E-state index in [0.717, 1.165) is 23.8 Å². The van der Waals surface area contributed by atoms with Crippen LogP contribution in [-0.4, -0.2) is 59.4 Å². The van der Waals surface area contributed by atoms with Gasteiger partial charge in [0.15, 0.2) is 6.61 Å². The zero-order chi connectivity index (χ0) is 27.7. The van der Waals surface area contributed by atoms with Gasteiger partial charge in [0.1, 0.15) is 5.75 Å². The van der Waals surface area contributed by atoms with Gasteiger partial charge in [-0.1, -0.05) is 18.2 Å². The molecule has 1 fully saturated rings. The molecule has 10 nitrogen and oxygen atoms in total. The van der Waals surface area contributed by atoms with E-state index in [0.29, 0.717) is 29.1 Å². The van der Waals surface area contributed by atoms with Gasteiger partial charge in [-0.15, -0.1) is 0 Å². The number of amides is 2. The summed E-state index contributed by atoms with van der Waals surface area (Å²) >= 11 is 0. The molecule has 0 spiro atoms.